The molecule has 0 N–H and O–H groups in total. The summed E-state index contributed by atoms with van der Waals surface area (Å²) < 4.78 is 5.49. The maximum absolute atomic E-state index is 12.2. The number of rotatable bonds is 3. The van der Waals surface area contributed by atoms with Crippen LogP contribution in [0.25, 0.3) is 11.0 Å². The molecule has 5 heteroatoms. The Hall–Kier alpha value is -1.10. The molecule has 1 aromatic carbocycles. The summed E-state index contributed by atoms with van der Waals surface area (Å²) in [7, 11) is 0. The zero-order valence-electron chi connectivity index (χ0n) is 13.0. The van der Waals surface area contributed by atoms with E-state index in [2.05, 4.69) is 6.92 Å². The van der Waals surface area contributed by atoms with Crippen LogP contribution in [0, 0.1) is 0 Å². The molecule has 0 aliphatic heterocycles. The molecule has 0 fully saturated rings. The minimum absolute atomic E-state index is 0. The number of aryl methyl sites for hydroxylation is 2. The Kier molecular flexibility index (Phi) is 5.48. The number of carboxylic acids is 1. The zero-order chi connectivity index (χ0) is 15.0. The standard InChI is InChI=1S/C17H18O4.Na/c1-2-5-12-11-7-4-3-6-10(11)8-13-14(18)9-15(17(19)20)21-16(12)13;/h8-9H,2-7H2,1H3,(H,19,20);/q;+1/p-1. The molecule has 1 heterocycles. The van der Waals surface area contributed by atoms with E-state index in [4.69, 9.17) is 4.42 Å². The predicted molar refractivity (Wildman–Crippen MR) is 77.5 cm³/mol. The van der Waals surface area contributed by atoms with Gasteiger partial charge in [-0.15, -0.1) is 0 Å². The third kappa shape index (κ3) is 3.00. The second kappa shape index (κ2) is 6.99. The minimum Gasteiger partial charge on any atom is -0.542 e. The molecule has 0 spiro atoms. The van der Waals surface area contributed by atoms with Crippen LogP contribution in [0.5, 0.6) is 0 Å². The molecule has 22 heavy (non-hydrogen) atoms. The van der Waals surface area contributed by atoms with Gasteiger partial charge in [-0.25, -0.2) is 0 Å². The van der Waals surface area contributed by atoms with E-state index < -0.39 is 5.97 Å². The summed E-state index contributed by atoms with van der Waals surface area (Å²) in [5.41, 5.74) is 3.59. The van der Waals surface area contributed by atoms with Gasteiger partial charge in [0.2, 0.25) is 0 Å². The van der Waals surface area contributed by atoms with Crippen LogP contribution >= 0.6 is 0 Å². The van der Waals surface area contributed by atoms with Gasteiger partial charge in [0.15, 0.2) is 11.2 Å². The average molecular weight is 308 g/mol. The molecular weight excluding hydrogens is 291 g/mol. The first-order valence-corrected chi connectivity index (χ1v) is 7.44. The van der Waals surface area contributed by atoms with Crippen molar-refractivity contribution in [1.82, 2.24) is 0 Å². The van der Waals surface area contributed by atoms with Gasteiger partial charge < -0.3 is 14.3 Å². The van der Waals surface area contributed by atoms with E-state index in [1.165, 1.54) is 11.1 Å². The second-order valence-corrected chi connectivity index (χ2v) is 5.59. The molecule has 0 atom stereocenters. The van der Waals surface area contributed by atoms with Gasteiger partial charge in [-0.2, -0.15) is 0 Å². The monoisotopic (exact) mass is 308 g/mol. The van der Waals surface area contributed by atoms with E-state index in [-0.39, 0.29) is 40.7 Å². The minimum atomic E-state index is -1.45. The third-order valence-electron chi connectivity index (χ3n) is 4.15. The summed E-state index contributed by atoms with van der Waals surface area (Å²) in [5.74, 6) is -1.84. The number of carboxylic acid groups (broad SMARTS) is 1. The van der Waals surface area contributed by atoms with Crippen LogP contribution in [0.1, 0.15) is 53.4 Å². The van der Waals surface area contributed by atoms with Crippen molar-refractivity contribution in [3.05, 3.63) is 44.8 Å². The van der Waals surface area contributed by atoms with Crippen molar-refractivity contribution in [3.8, 4) is 0 Å². The number of hydrogen-bond donors (Lipinski definition) is 0. The molecule has 1 aliphatic carbocycles. The topological polar surface area (TPSA) is 70.3 Å². The zero-order valence-corrected chi connectivity index (χ0v) is 15.0. The first-order valence-electron chi connectivity index (χ1n) is 7.44. The van der Waals surface area contributed by atoms with Crippen LogP contribution in [0.2, 0.25) is 0 Å². The molecule has 0 radical (unpaired) electrons. The Morgan fingerprint density at radius 3 is 2.68 bits per heavy atom. The fourth-order valence-corrected chi connectivity index (χ4v) is 3.22. The smallest absolute Gasteiger partial charge is 0.542 e. The molecule has 4 nitrogen and oxygen atoms in total. The Morgan fingerprint density at radius 1 is 1.27 bits per heavy atom. The maximum atomic E-state index is 12.2. The SMILES string of the molecule is CCCc1c2c(cc3c(=O)cc(C(=O)[O-])oc13)CCCC2.[Na+]. The van der Waals surface area contributed by atoms with E-state index in [0.29, 0.717) is 11.0 Å². The van der Waals surface area contributed by atoms with E-state index in [0.717, 1.165) is 50.2 Å². The summed E-state index contributed by atoms with van der Waals surface area (Å²) in [6, 6.07) is 2.90. The van der Waals surface area contributed by atoms with Crippen LogP contribution in [0.15, 0.2) is 21.3 Å². The number of fused-ring (bicyclic) bond motifs is 2. The molecule has 1 aromatic heterocycles. The molecule has 0 amide bonds. The third-order valence-corrected chi connectivity index (χ3v) is 4.15. The van der Waals surface area contributed by atoms with Gasteiger partial charge in [-0.05, 0) is 54.9 Å². The Labute approximate surface area is 150 Å². The second-order valence-electron chi connectivity index (χ2n) is 5.59. The van der Waals surface area contributed by atoms with Crippen molar-refractivity contribution >= 4 is 16.9 Å². The van der Waals surface area contributed by atoms with Crippen LogP contribution in [-0.2, 0) is 19.3 Å². The Balaban J connectivity index is 0.00000176. The van der Waals surface area contributed by atoms with Crippen LogP contribution in [0.3, 0.4) is 0 Å². The van der Waals surface area contributed by atoms with Gasteiger partial charge in [0.25, 0.3) is 0 Å². The van der Waals surface area contributed by atoms with Crippen molar-refractivity contribution in [2.24, 2.45) is 0 Å². The number of hydrogen-bond acceptors (Lipinski definition) is 4. The van der Waals surface area contributed by atoms with E-state index in [1.807, 2.05) is 6.07 Å². The normalized spacial score (nSPS) is 13.5. The number of aromatic carboxylic acids is 1. The van der Waals surface area contributed by atoms with Gasteiger partial charge in [0, 0.05) is 6.07 Å². The van der Waals surface area contributed by atoms with E-state index in [1.54, 1.807) is 0 Å². The molecule has 2 aromatic rings. The van der Waals surface area contributed by atoms with E-state index in [9.17, 15) is 14.7 Å². The molecule has 0 bridgehead atoms. The maximum Gasteiger partial charge on any atom is 1.00 e. The van der Waals surface area contributed by atoms with Crippen LogP contribution in [-0.4, -0.2) is 5.97 Å². The summed E-state index contributed by atoms with van der Waals surface area (Å²) in [5, 5.41) is 11.5. The molecule has 0 saturated heterocycles. The molecular formula is C17H17NaO4. The van der Waals surface area contributed by atoms with Crippen molar-refractivity contribution in [2.75, 3.05) is 0 Å². The number of carbonyl (C=O) groups excluding carboxylic acids is 1. The summed E-state index contributed by atoms with van der Waals surface area (Å²) in [6.45, 7) is 2.06. The van der Waals surface area contributed by atoms with Crippen molar-refractivity contribution in [3.63, 3.8) is 0 Å². The molecule has 1 aliphatic rings. The first-order chi connectivity index (χ1) is 10.1. The summed E-state index contributed by atoms with van der Waals surface area (Å²) >= 11 is 0. The van der Waals surface area contributed by atoms with E-state index >= 15 is 0 Å². The first kappa shape index (κ1) is 17.3. The molecule has 0 saturated carbocycles. The fourth-order valence-electron chi connectivity index (χ4n) is 3.22. The molecule has 110 valence electrons. The number of carbonyl (C=O) groups is 1. The van der Waals surface area contributed by atoms with Crippen molar-refractivity contribution < 1.29 is 43.9 Å². The molecule has 3 rings (SSSR count). The van der Waals surface area contributed by atoms with Gasteiger partial charge in [-0.3, -0.25) is 4.79 Å². The van der Waals surface area contributed by atoms with Gasteiger partial charge in [0.05, 0.1) is 5.39 Å². The van der Waals surface area contributed by atoms with Crippen LogP contribution < -0.4 is 40.1 Å². The largest absolute Gasteiger partial charge is 1.00 e. The quantitative estimate of drug-likeness (QED) is 0.682. The molecule has 0 unspecified atom stereocenters. The summed E-state index contributed by atoms with van der Waals surface area (Å²) in [6.07, 6.45) is 5.92. The van der Waals surface area contributed by atoms with Crippen LogP contribution in [0.4, 0.5) is 0 Å². The summed E-state index contributed by atoms with van der Waals surface area (Å²) in [4.78, 5) is 23.2. The van der Waals surface area contributed by atoms with Crippen molar-refractivity contribution in [1.29, 1.82) is 0 Å². The average Bonchev–Trinajstić information content (AvgIpc) is 2.47. The van der Waals surface area contributed by atoms with Gasteiger partial charge >= 0.3 is 29.6 Å². The van der Waals surface area contributed by atoms with Gasteiger partial charge in [0.1, 0.15) is 11.6 Å². The Morgan fingerprint density at radius 2 is 2.00 bits per heavy atom. The van der Waals surface area contributed by atoms with Crippen molar-refractivity contribution in [2.45, 2.75) is 45.4 Å². The predicted octanol–water partition coefficient (Wildman–Crippen LogP) is -1.01. The fraction of sp³-hybridized carbons (Fsp3) is 0.412. The van der Waals surface area contributed by atoms with Gasteiger partial charge in [-0.1, -0.05) is 13.3 Å². The Bertz CT molecular complexity index is 776. The number of benzene rings is 1.